The Kier molecular flexibility index (Phi) is 4.68. The second kappa shape index (κ2) is 6.29. The maximum absolute atomic E-state index is 13.9. The molecule has 2 rings (SSSR count). The third kappa shape index (κ3) is 2.97. The fourth-order valence-corrected chi connectivity index (χ4v) is 2.19. The van der Waals surface area contributed by atoms with Gasteiger partial charge in [0, 0.05) is 5.56 Å². The van der Waals surface area contributed by atoms with Crippen LogP contribution in [0.25, 0.3) is 0 Å². The molecule has 0 heterocycles. The van der Waals surface area contributed by atoms with Crippen molar-refractivity contribution in [3.63, 3.8) is 0 Å². The summed E-state index contributed by atoms with van der Waals surface area (Å²) in [5.41, 5.74) is 0.286. The van der Waals surface area contributed by atoms with Gasteiger partial charge < -0.3 is 5.32 Å². The second-order valence-corrected chi connectivity index (χ2v) is 4.71. The van der Waals surface area contributed by atoms with Crippen LogP contribution in [-0.4, -0.2) is 6.54 Å². The lowest BCUT2D eigenvalue weighted by Gasteiger charge is -2.20. The van der Waals surface area contributed by atoms with E-state index in [4.69, 9.17) is 11.6 Å². The summed E-state index contributed by atoms with van der Waals surface area (Å²) < 4.78 is 41.3. The van der Waals surface area contributed by atoms with Crippen molar-refractivity contribution in [3.8, 4) is 0 Å². The molecule has 20 heavy (non-hydrogen) atoms. The first kappa shape index (κ1) is 14.9. The fraction of sp³-hybridized carbons (Fsp3) is 0.200. The Morgan fingerprint density at radius 3 is 2.25 bits per heavy atom. The molecule has 106 valence electrons. The molecule has 0 spiro atoms. The molecule has 0 aromatic heterocycles. The van der Waals surface area contributed by atoms with Crippen LogP contribution in [0.2, 0.25) is 5.02 Å². The van der Waals surface area contributed by atoms with Gasteiger partial charge in [0.15, 0.2) is 0 Å². The minimum Gasteiger partial charge on any atom is -0.306 e. The van der Waals surface area contributed by atoms with Gasteiger partial charge in [-0.15, -0.1) is 0 Å². The molecule has 0 aliphatic heterocycles. The summed E-state index contributed by atoms with van der Waals surface area (Å²) in [6, 6.07) is 6.97. The highest BCUT2D eigenvalue weighted by atomic mass is 35.5. The van der Waals surface area contributed by atoms with Crippen LogP contribution < -0.4 is 5.32 Å². The predicted molar refractivity (Wildman–Crippen MR) is 73.3 cm³/mol. The fourth-order valence-electron chi connectivity index (χ4n) is 2.07. The standard InChI is InChI=1S/C15H13ClF3N/c1-2-20-15(9-6-7-10(16)13(19)8-9)14-11(17)4-3-5-12(14)18/h3-8,15,20H,2H2,1H3. The van der Waals surface area contributed by atoms with Gasteiger partial charge in [-0.05, 0) is 36.4 Å². The van der Waals surface area contributed by atoms with E-state index in [1.165, 1.54) is 30.3 Å². The van der Waals surface area contributed by atoms with Crippen molar-refractivity contribution >= 4 is 11.6 Å². The van der Waals surface area contributed by atoms with Crippen LogP contribution in [0.5, 0.6) is 0 Å². The monoisotopic (exact) mass is 299 g/mol. The van der Waals surface area contributed by atoms with E-state index in [2.05, 4.69) is 5.32 Å². The highest BCUT2D eigenvalue weighted by molar-refractivity contribution is 6.30. The van der Waals surface area contributed by atoms with Crippen molar-refractivity contribution in [2.24, 2.45) is 0 Å². The van der Waals surface area contributed by atoms with E-state index in [1.54, 1.807) is 13.0 Å². The largest absolute Gasteiger partial charge is 0.306 e. The van der Waals surface area contributed by atoms with Gasteiger partial charge in [0.05, 0.1) is 11.1 Å². The Bertz CT molecular complexity index is 596. The molecular formula is C15H13ClF3N. The molecule has 1 N–H and O–H groups in total. The molecule has 0 bridgehead atoms. The number of halogens is 4. The van der Waals surface area contributed by atoms with Crippen molar-refractivity contribution in [3.05, 3.63) is 70.0 Å². The highest BCUT2D eigenvalue weighted by Gasteiger charge is 2.21. The average Bonchev–Trinajstić information content (AvgIpc) is 2.41. The first-order valence-electron chi connectivity index (χ1n) is 6.16. The Labute approximate surface area is 120 Å². The third-order valence-corrected chi connectivity index (χ3v) is 3.28. The maximum atomic E-state index is 13.9. The minimum atomic E-state index is -0.770. The second-order valence-electron chi connectivity index (χ2n) is 4.30. The van der Waals surface area contributed by atoms with Crippen molar-refractivity contribution in [1.29, 1.82) is 0 Å². The molecule has 2 aromatic carbocycles. The molecule has 0 aliphatic rings. The quantitative estimate of drug-likeness (QED) is 0.879. The van der Waals surface area contributed by atoms with E-state index in [1.807, 2.05) is 0 Å². The Hall–Kier alpha value is -1.52. The van der Waals surface area contributed by atoms with Gasteiger partial charge in [-0.25, -0.2) is 13.2 Å². The zero-order valence-electron chi connectivity index (χ0n) is 10.8. The molecule has 0 aliphatic carbocycles. The SMILES string of the molecule is CCNC(c1ccc(Cl)c(F)c1)c1c(F)cccc1F. The number of rotatable bonds is 4. The van der Waals surface area contributed by atoms with Crippen LogP contribution in [0.15, 0.2) is 36.4 Å². The van der Waals surface area contributed by atoms with Crippen LogP contribution in [0.3, 0.4) is 0 Å². The Balaban J connectivity index is 2.53. The smallest absolute Gasteiger partial charge is 0.142 e. The molecule has 1 atom stereocenters. The molecule has 0 fully saturated rings. The molecule has 2 aromatic rings. The topological polar surface area (TPSA) is 12.0 Å². The van der Waals surface area contributed by atoms with E-state index in [0.717, 1.165) is 0 Å². The molecule has 1 unspecified atom stereocenters. The van der Waals surface area contributed by atoms with E-state index >= 15 is 0 Å². The summed E-state index contributed by atoms with van der Waals surface area (Å²) in [7, 11) is 0. The summed E-state index contributed by atoms with van der Waals surface area (Å²) in [4.78, 5) is 0. The van der Waals surface area contributed by atoms with E-state index in [0.29, 0.717) is 12.1 Å². The molecule has 1 nitrogen and oxygen atoms in total. The molecule has 0 radical (unpaired) electrons. The summed E-state index contributed by atoms with van der Waals surface area (Å²) in [5, 5.41) is 2.92. The zero-order chi connectivity index (χ0) is 14.7. The van der Waals surface area contributed by atoms with E-state index in [-0.39, 0.29) is 10.6 Å². The van der Waals surface area contributed by atoms with Gasteiger partial charge in [-0.3, -0.25) is 0 Å². The minimum absolute atomic E-state index is 0.0296. The van der Waals surface area contributed by atoms with Crippen molar-refractivity contribution in [1.82, 2.24) is 5.32 Å². The maximum Gasteiger partial charge on any atom is 0.142 e. The number of hydrogen-bond acceptors (Lipinski definition) is 1. The molecular weight excluding hydrogens is 287 g/mol. The average molecular weight is 300 g/mol. The predicted octanol–water partition coefficient (Wildman–Crippen LogP) is 4.46. The molecule has 0 saturated carbocycles. The number of hydrogen-bond donors (Lipinski definition) is 1. The van der Waals surface area contributed by atoms with Crippen LogP contribution in [0, 0.1) is 17.5 Å². The molecule has 0 amide bonds. The van der Waals surface area contributed by atoms with Crippen LogP contribution in [0.1, 0.15) is 24.1 Å². The van der Waals surface area contributed by atoms with E-state index in [9.17, 15) is 13.2 Å². The first-order valence-corrected chi connectivity index (χ1v) is 6.54. The van der Waals surface area contributed by atoms with Gasteiger partial charge in [-0.2, -0.15) is 0 Å². The lowest BCUT2D eigenvalue weighted by Crippen LogP contribution is -2.24. The lowest BCUT2D eigenvalue weighted by molar-refractivity contribution is 0.508. The van der Waals surface area contributed by atoms with Crippen LogP contribution in [-0.2, 0) is 0 Å². The van der Waals surface area contributed by atoms with Gasteiger partial charge in [0.2, 0.25) is 0 Å². The van der Waals surface area contributed by atoms with Gasteiger partial charge in [-0.1, -0.05) is 30.7 Å². The Morgan fingerprint density at radius 2 is 1.70 bits per heavy atom. The van der Waals surface area contributed by atoms with Gasteiger partial charge in [0.25, 0.3) is 0 Å². The number of benzene rings is 2. The van der Waals surface area contributed by atoms with Crippen molar-refractivity contribution in [2.45, 2.75) is 13.0 Å². The van der Waals surface area contributed by atoms with Crippen LogP contribution in [0.4, 0.5) is 13.2 Å². The lowest BCUT2D eigenvalue weighted by atomic mass is 9.97. The Morgan fingerprint density at radius 1 is 1.05 bits per heavy atom. The third-order valence-electron chi connectivity index (χ3n) is 2.97. The summed E-state index contributed by atoms with van der Waals surface area (Å²) >= 11 is 5.63. The van der Waals surface area contributed by atoms with Crippen molar-refractivity contribution in [2.75, 3.05) is 6.54 Å². The number of nitrogens with one attached hydrogen (secondary N) is 1. The van der Waals surface area contributed by atoms with Gasteiger partial charge >= 0.3 is 0 Å². The summed E-state index contributed by atoms with van der Waals surface area (Å²) in [6.07, 6.45) is 0. The van der Waals surface area contributed by atoms with Crippen molar-refractivity contribution < 1.29 is 13.2 Å². The zero-order valence-corrected chi connectivity index (χ0v) is 11.5. The summed E-state index contributed by atoms with van der Waals surface area (Å²) in [5.74, 6) is -1.97. The molecule has 0 saturated heterocycles. The van der Waals surface area contributed by atoms with E-state index < -0.39 is 23.5 Å². The van der Waals surface area contributed by atoms with Crippen LogP contribution >= 0.6 is 11.6 Å². The summed E-state index contributed by atoms with van der Waals surface area (Å²) in [6.45, 7) is 2.28. The van der Waals surface area contributed by atoms with Gasteiger partial charge in [0.1, 0.15) is 17.5 Å². The normalized spacial score (nSPS) is 12.4. The molecule has 5 heteroatoms. The highest BCUT2D eigenvalue weighted by Crippen LogP contribution is 2.29. The first-order chi connectivity index (χ1) is 9.54.